The predicted molar refractivity (Wildman–Crippen MR) is 91.0 cm³/mol. The fourth-order valence-electron chi connectivity index (χ4n) is 2.33. The van der Waals surface area contributed by atoms with Gasteiger partial charge >= 0.3 is 0 Å². The smallest absolute Gasteiger partial charge is 0.176 e. The second kappa shape index (κ2) is 6.10. The summed E-state index contributed by atoms with van der Waals surface area (Å²) in [6.45, 7) is 6.06. The van der Waals surface area contributed by atoms with E-state index in [1.54, 1.807) is 22.9 Å². The van der Waals surface area contributed by atoms with Crippen LogP contribution in [-0.2, 0) is 5.60 Å². The molecule has 0 aliphatic heterocycles. The van der Waals surface area contributed by atoms with Crippen LogP contribution in [-0.4, -0.2) is 31.6 Å². The Hall–Kier alpha value is -2.25. The first kappa shape index (κ1) is 15.6. The summed E-state index contributed by atoms with van der Waals surface area (Å²) in [6.07, 6.45) is 0. The number of thiophene rings is 1. The van der Waals surface area contributed by atoms with Gasteiger partial charge in [0, 0.05) is 12.2 Å². The summed E-state index contributed by atoms with van der Waals surface area (Å²) in [5.74, 6) is 1.29. The van der Waals surface area contributed by atoms with E-state index in [4.69, 9.17) is 0 Å². The summed E-state index contributed by atoms with van der Waals surface area (Å²) in [5, 5.41) is 30.2. The highest BCUT2D eigenvalue weighted by Gasteiger charge is 2.23. The zero-order valence-corrected chi connectivity index (χ0v) is 14.1. The van der Waals surface area contributed by atoms with Crippen molar-refractivity contribution in [3.8, 4) is 5.82 Å². The van der Waals surface area contributed by atoms with E-state index in [-0.39, 0.29) is 0 Å². The van der Waals surface area contributed by atoms with Gasteiger partial charge in [0.05, 0.1) is 5.69 Å². The van der Waals surface area contributed by atoms with Crippen LogP contribution < -0.4 is 5.32 Å². The number of aliphatic hydroxyl groups is 1. The predicted octanol–water partition coefficient (Wildman–Crippen LogP) is 2.66. The molecule has 0 radical (unpaired) electrons. The van der Waals surface area contributed by atoms with Crippen molar-refractivity contribution in [2.24, 2.45) is 0 Å². The van der Waals surface area contributed by atoms with Crippen LogP contribution >= 0.6 is 11.3 Å². The minimum absolute atomic E-state index is 0.359. The molecule has 1 atom stereocenters. The van der Waals surface area contributed by atoms with Crippen LogP contribution in [0.2, 0.25) is 0 Å². The van der Waals surface area contributed by atoms with Crippen molar-refractivity contribution < 1.29 is 5.11 Å². The van der Waals surface area contributed by atoms with E-state index < -0.39 is 5.60 Å². The standard InChI is InChI=1S/C16H19N5OS/c1-11-8-12(2)21(20-11)15-5-4-14(18-19-15)17-10-16(3,22)13-6-7-23-9-13/h4-9,22H,10H2,1-3H3,(H,17,18)/t16-/m1/s1. The van der Waals surface area contributed by atoms with Crippen molar-refractivity contribution in [3.05, 3.63) is 52.0 Å². The van der Waals surface area contributed by atoms with Gasteiger partial charge < -0.3 is 10.4 Å². The van der Waals surface area contributed by atoms with Gasteiger partial charge in [-0.2, -0.15) is 16.4 Å². The molecule has 0 saturated heterocycles. The Kier molecular flexibility index (Phi) is 4.14. The van der Waals surface area contributed by atoms with E-state index in [0.717, 1.165) is 17.0 Å². The van der Waals surface area contributed by atoms with Gasteiger partial charge in [-0.15, -0.1) is 10.2 Å². The number of anilines is 1. The van der Waals surface area contributed by atoms with Crippen molar-refractivity contribution in [2.75, 3.05) is 11.9 Å². The van der Waals surface area contributed by atoms with E-state index in [2.05, 4.69) is 20.6 Å². The molecule has 0 saturated carbocycles. The molecule has 0 aliphatic carbocycles. The Morgan fingerprint density at radius 2 is 2.09 bits per heavy atom. The summed E-state index contributed by atoms with van der Waals surface area (Å²) in [4.78, 5) is 0. The van der Waals surface area contributed by atoms with E-state index in [1.807, 2.05) is 48.9 Å². The zero-order valence-electron chi connectivity index (χ0n) is 13.3. The van der Waals surface area contributed by atoms with Gasteiger partial charge in [0.2, 0.25) is 0 Å². The Morgan fingerprint density at radius 1 is 1.26 bits per heavy atom. The lowest BCUT2D eigenvalue weighted by Gasteiger charge is -2.22. The average molecular weight is 329 g/mol. The van der Waals surface area contributed by atoms with Gasteiger partial charge in [-0.05, 0) is 61.4 Å². The number of nitrogens with one attached hydrogen (secondary N) is 1. The van der Waals surface area contributed by atoms with Gasteiger partial charge in [0.1, 0.15) is 11.4 Å². The van der Waals surface area contributed by atoms with Crippen LogP contribution in [0.15, 0.2) is 35.0 Å². The van der Waals surface area contributed by atoms with Crippen LogP contribution in [0.3, 0.4) is 0 Å². The van der Waals surface area contributed by atoms with Crippen molar-refractivity contribution in [1.29, 1.82) is 0 Å². The third-order valence-corrected chi connectivity index (χ3v) is 4.32. The number of hydrogen-bond donors (Lipinski definition) is 2. The molecule has 0 bridgehead atoms. The minimum Gasteiger partial charge on any atom is -0.384 e. The van der Waals surface area contributed by atoms with Crippen molar-refractivity contribution in [3.63, 3.8) is 0 Å². The fourth-order valence-corrected chi connectivity index (χ4v) is 3.11. The normalized spacial score (nSPS) is 13.7. The van der Waals surface area contributed by atoms with Gasteiger partial charge in [-0.1, -0.05) is 0 Å². The topological polar surface area (TPSA) is 75.9 Å². The summed E-state index contributed by atoms with van der Waals surface area (Å²) in [7, 11) is 0. The van der Waals surface area contributed by atoms with Crippen LogP contribution in [0.5, 0.6) is 0 Å². The highest BCUT2D eigenvalue weighted by Crippen LogP contribution is 2.23. The molecule has 6 nitrogen and oxygen atoms in total. The summed E-state index contributed by atoms with van der Waals surface area (Å²) >= 11 is 1.57. The Bertz CT molecular complexity index is 777. The first-order chi connectivity index (χ1) is 11.0. The molecule has 23 heavy (non-hydrogen) atoms. The molecule has 3 rings (SSSR count). The molecule has 3 aromatic rings. The minimum atomic E-state index is -0.948. The number of rotatable bonds is 5. The molecular formula is C16H19N5OS. The molecular weight excluding hydrogens is 310 g/mol. The van der Waals surface area contributed by atoms with Crippen molar-refractivity contribution in [2.45, 2.75) is 26.4 Å². The quantitative estimate of drug-likeness (QED) is 0.752. The molecule has 0 fully saturated rings. The van der Waals surface area contributed by atoms with Gasteiger partial charge in [-0.3, -0.25) is 0 Å². The molecule has 3 heterocycles. The van der Waals surface area contributed by atoms with E-state index in [0.29, 0.717) is 18.2 Å². The molecule has 7 heteroatoms. The number of nitrogens with zero attached hydrogens (tertiary/aromatic N) is 4. The average Bonchev–Trinajstić information content (AvgIpc) is 3.16. The Balaban J connectivity index is 1.70. The largest absolute Gasteiger partial charge is 0.384 e. The van der Waals surface area contributed by atoms with Crippen LogP contribution in [0.1, 0.15) is 23.9 Å². The van der Waals surface area contributed by atoms with E-state index >= 15 is 0 Å². The summed E-state index contributed by atoms with van der Waals surface area (Å²) in [6, 6.07) is 7.60. The molecule has 0 aliphatic rings. The number of aromatic nitrogens is 4. The lowest BCUT2D eigenvalue weighted by atomic mass is 9.99. The van der Waals surface area contributed by atoms with Crippen LogP contribution in [0, 0.1) is 13.8 Å². The summed E-state index contributed by atoms with van der Waals surface area (Å²) in [5.41, 5.74) is 1.90. The highest BCUT2D eigenvalue weighted by atomic mass is 32.1. The molecule has 3 aromatic heterocycles. The van der Waals surface area contributed by atoms with E-state index in [9.17, 15) is 5.11 Å². The second-order valence-corrected chi connectivity index (χ2v) is 6.54. The monoisotopic (exact) mass is 329 g/mol. The maximum absolute atomic E-state index is 10.5. The van der Waals surface area contributed by atoms with E-state index in [1.165, 1.54) is 0 Å². The Labute approximate surface area is 138 Å². The van der Waals surface area contributed by atoms with Gasteiger partial charge in [0.25, 0.3) is 0 Å². The second-order valence-electron chi connectivity index (χ2n) is 5.76. The molecule has 0 amide bonds. The fraction of sp³-hybridized carbons (Fsp3) is 0.312. The highest BCUT2D eigenvalue weighted by molar-refractivity contribution is 7.08. The lowest BCUT2D eigenvalue weighted by Crippen LogP contribution is -2.30. The van der Waals surface area contributed by atoms with Gasteiger partial charge in [-0.25, -0.2) is 4.68 Å². The molecule has 120 valence electrons. The SMILES string of the molecule is Cc1cc(C)n(-c2ccc(NC[C@@](C)(O)c3ccsc3)nn2)n1. The maximum atomic E-state index is 10.5. The molecule has 0 spiro atoms. The third-order valence-electron chi connectivity index (χ3n) is 3.63. The first-order valence-corrected chi connectivity index (χ1v) is 8.26. The third kappa shape index (κ3) is 3.40. The summed E-state index contributed by atoms with van der Waals surface area (Å²) < 4.78 is 1.76. The van der Waals surface area contributed by atoms with Crippen LogP contribution in [0.25, 0.3) is 5.82 Å². The molecule has 0 unspecified atom stereocenters. The Morgan fingerprint density at radius 3 is 2.65 bits per heavy atom. The molecule has 0 aromatic carbocycles. The zero-order chi connectivity index (χ0) is 16.4. The van der Waals surface area contributed by atoms with Crippen LogP contribution in [0.4, 0.5) is 5.82 Å². The number of aryl methyl sites for hydroxylation is 2. The number of hydrogen-bond acceptors (Lipinski definition) is 6. The molecule has 2 N–H and O–H groups in total. The van der Waals surface area contributed by atoms with Gasteiger partial charge in [0.15, 0.2) is 5.82 Å². The maximum Gasteiger partial charge on any atom is 0.176 e. The van der Waals surface area contributed by atoms with Crippen molar-refractivity contribution in [1.82, 2.24) is 20.0 Å². The first-order valence-electron chi connectivity index (χ1n) is 7.32. The van der Waals surface area contributed by atoms with Crippen molar-refractivity contribution >= 4 is 17.2 Å². The lowest BCUT2D eigenvalue weighted by molar-refractivity contribution is 0.0719.